The SMILES string of the molecule is Cc1cccc[c]1[Bi]([O]S(=O)(=O)C(F)(F)F)[c]1ccc(Cl)cc1. The third-order valence-corrected chi connectivity index (χ3v) is 14.7. The molecule has 0 aliphatic carbocycles. The predicted octanol–water partition coefficient (Wildman–Crippen LogP) is 2.62. The van der Waals surface area contributed by atoms with Crippen molar-refractivity contribution in [3.8, 4) is 0 Å². The Morgan fingerprint density at radius 1 is 1.04 bits per heavy atom. The maximum atomic E-state index is 12.7. The van der Waals surface area contributed by atoms with Crippen LogP contribution in [0.3, 0.4) is 0 Å². The van der Waals surface area contributed by atoms with Gasteiger partial charge in [-0.3, -0.25) is 0 Å². The van der Waals surface area contributed by atoms with Crippen molar-refractivity contribution in [3.63, 3.8) is 0 Å². The summed E-state index contributed by atoms with van der Waals surface area (Å²) in [5.74, 6) is 0. The van der Waals surface area contributed by atoms with E-state index in [1.54, 1.807) is 31.2 Å². The van der Waals surface area contributed by atoms with Gasteiger partial charge in [0.2, 0.25) is 0 Å². The number of rotatable bonds is 4. The van der Waals surface area contributed by atoms with Crippen LogP contribution in [0.15, 0.2) is 48.5 Å². The zero-order valence-corrected chi connectivity index (χ0v) is 16.8. The van der Waals surface area contributed by atoms with Gasteiger partial charge in [-0.2, -0.15) is 0 Å². The van der Waals surface area contributed by atoms with Gasteiger partial charge in [0, 0.05) is 0 Å². The molecule has 3 nitrogen and oxygen atoms in total. The molecule has 0 spiro atoms. The summed E-state index contributed by atoms with van der Waals surface area (Å²) in [4.78, 5) is 0. The van der Waals surface area contributed by atoms with E-state index in [0.29, 0.717) is 17.1 Å². The number of benzene rings is 2. The zero-order valence-electron chi connectivity index (χ0n) is 11.7. The van der Waals surface area contributed by atoms with Gasteiger partial charge >= 0.3 is 146 Å². The van der Waals surface area contributed by atoms with E-state index in [1.165, 1.54) is 24.3 Å². The Morgan fingerprint density at radius 2 is 1.61 bits per heavy atom. The predicted molar refractivity (Wildman–Crippen MR) is 83.7 cm³/mol. The van der Waals surface area contributed by atoms with E-state index < -0.39 is 37.8 Å². The molecule has 0 radical (unpaired) electrons. The average Bonchev–Trinajstić information content (AvgIpc) is 2.45. The van der Waals surface area contributed by atoms with Gasteiger partial charge in [0.05, 0.1) is 0 Å². The molecule has 9 heteroatoms. The zero-order chi connectivity index (χ0) is 17.3. The molecule has 0 bridgehead atoms. The summed E-state index contributed by atoms with van der Waals surface area (Å²) in [5.41, 5.74) is -4.76. The van der Waals surface area contributed by atoms with Gasteiger partial charge in [-0.1, -0.05) is 0 Å². The second kappa shape index (κ2) is 7.05. The van der Waals surface area contributed by atoms with Gasteiger partial charge in [0.15, 0.2) is 0 Å². The minimum atomic E-state index is -5.66. The van der Waals surface area contributed by atoms with E-state index in [4.69, 9.17) is 13.9 Å². The fourth-order valence-electron chi connectivity index (χ4n) is 1.73. The van der Waals surface area contributed by atoms with E-state index in [2.05, 4.69) is 0 Å². The number of hydrogen-bond acceptors (Lipinski definition) is 3. The third-order valence-electron chi connectivity index (χ3n) is 2.85. The summed E-state index contributed by atoms with van der Waals surface area (Å²) in [5, 5.41) is 0.404. The van der Waals surface area contributed by atoms with Crippen molar-refractivity contribution in [2.75, 3.05) is 0 Å². The van der Waals surface area contributed by atoms with E-state index >= 15 is 0 Å². The van der Waals surface area contributed by atoms with Crippen LogP contribution in [-0.2, 0) is 12.4 Å². The van der Waals surface area contributed by atoms with Crippen LogP contribution in [0, 0.1) is 6.92 Å². The molecule has 0 saturated carbocycles. The summed E-state index contributed by atoms with van der Waals surface area (Å²) in [6.07, 6.45) is 0. The summed E-state index contributed by atoms with van der Waals surface area (Å²) in [6.45, 7) is 1.71. The topological polar surface area (TPSA) is 43.4 Å². The van der Waals surface area contributed by atoms with Crippen LogP contribution >= 0.6 is 11.6 Å². The molecular weight excluding hydrogens is 550 g/mol. The number of aryl methyl sites for hydroxylation is 1. The van der Waals surface area contributed by atoms with E-state index in [1.807, 2.05) is 0 Å². The molecule has 2 aromatic rings. The summed E-state index contributed by atoms with van der Waals surface area (Å²) in [7, 11) is -5.66. The Bertz CT molecular complexity index is 792. The van der Waals surface area contributed by atoms with Gasteiger partial charge in [-0.25, -0.2) is 0 Å². The Balaban J connectivity index is 2.53. The second-order valence-electron chi connectivity index (χ2n) is 4.53. The van der Waals surface area contributed by atoms with Crippen molar-refractivity contribution in [2.24, 2.45) is 0 Å². The van der Waals surface area contributed by atoms with Crippen molar-refractivity contribution < 1.29 is 23.8 Å². The average molecular weight is 561 g/mol. The van der Waals surface area contributed by atoms with Gasteiger partial charge < -0.3 is 0 Å². The molecule has 23 heavy (non-hydrogen) atoms. The molecule has 0 heterocycles. The van der Waals surface area contributed by atoms with Crippen molar-refractivity contribution >= 4 is 50.5 Å². The Morgan fingerprint density at radius 3 is 2.13 bits per heavy atom. The fraction of sp³-hybridized carbons (Fsp3) is 0.143. The maximum absolute atomic E-state index is 12.7. The van der Waals surface area contributed by atoms with Gasteiger partial charge in [-0.05, 0) is 0 Å². The first kappa shape index (κ1) is 18.6. The molecule has 0 fully saturated rings. The molecule has 0 aromatic heterocycles. The number of alkyl halides is 3. The molecule has 0 atom stereocenters. The van der Waals surface area contributed by atoms with Crippen molar-refractivity contribution in [1.29, 1.82) is 0 Å². The number of halogens is 4. The molecule has 0 aliphatic heterocycles. The van der Waals surface area contributed by atoms with Gasteiger partial charge in [-0.15, -0.1) is 0 Å². The molecule has 0 unspecified atom stereocenters. The first-order valence-electron chi connectivity index (χ1n) is 6.24. The molecule has 124 valence electrons. The van der Waals surface area contributed by atoms with E-state index in [-0.39, 0.29) is 0 Å². The van der Waals surface area contributed by atoms with Crippen LogP contribution in [0.25, 0.3) is 0 Å². The van der Waals surface area contributed by atoms with Crippen molar-refractivity contribution in [1.82, 2.24) is 0 Å². The Kier molecular flexibility index (Phi) is 5.72. The fourth-order valence-corrected chi connectivity index (χ4v) is 12.6. The summed E-state index contributed by atoms with van der Waals surface area (Å²) >= 11 is 1.89. The normalized spacial score (nSPS) is 12.6. The molecule has 2 aromatic carbocycles. The van der Waals surface area contributed by atoms with Crippen LogP contribution in [0.5, 0.6) is 0 Å². The van der Waals surface area contributed by atoms with Crippen molar-refractivity contribution in [2.45, 2.75) is 12.4 Å². The van der Waals surface area contributed by atoms with Crippen LogP contribution in [0.1, 0.15) is 5.56 Å². The van der Waals surface area contributed by atoms with E-state index in [0.717, 1.165) is 0 Å². The standard InChI is InChI=1S/C7H7.C6H4Cl.CHF3O3S.Bi/c1-7-5-3-2-4-6-7;7-6-4-2-1-3-5-6;2-1(3,4)8(5,6)7;/h2-5H,1H3;2-5H;(H,5,6,7);/q;;;+1/p-1. The second-order valence-corrected chi connectivity index (χ2v) is 14.4. The Hall–Kier alpha value is -0.687. The van der Waals surface area contributed by atoms with Crippen LogP contribution in [0.4, 0.5) is 13.2 Å². The van der Waals surface area contributed by atoms with Gasteiger partial charge in [0.1, 0.15) is 0 Å². The molecule has 0 saturated heterocycles. The molecule has 0 N–H and O–H groups in total. The number of hydrogen-bond donors (Lipinski definition) is 0. The molecule has 0 amide bonds. The quantitative estimate of drug-likeness (QED) is 0.427. The molecule has 2 rings (SSSR count). The van der Waals surface area contributed by atoms with Crippen molar-refractivity contribution in [3.05, 3.63) is 59.1 Å². The Labute approximate surface area is 145 Å². The summed E-state index contributed by atoms with van der Waals surface area (Å²) < 4.78 is 66.7. The van der Waals surface area contributed by atoms with Crippen LogP contribution in [0.2, 0.25) is 5.02 Å². The summed E-state index contributed by atoms with van der Waals surface area (Å²) in [6, 6.07) is 12.7. The van der Waals surface area contributed by atoms with Crippen LogP contribution < -0.4 is 6.54 Å². The van der Waals surface area contributed by atoms with Crippen LogP contribution in [-0.4, -0.2) is 36.1 Å². The minimum absolute atomic E-state index is 0.404. The first-order valence-corrected chi connectivity index (χ1v) is 12.9. The third kappa shape index (κ3) is 4.44. The molecular formula is C14H11BiClF3O3S. The van der Waals surface area contributed by atoms with Gasteiger partial charge in [0.25, 0.3) is 0 Å². The first-order chi connectivity index (χ1) is 10.6. The monoisotopic (exact) mass is 560 g/mol. The van der Waals surface area contributed by atoms with E-state index in [9.17, 15) is 21.6 Å². The molecule has 0 aliphatic rings.